The van der Waals surface area contributed by atoms with Gasteiger partial charge in [0.15, 0.2) is 0 Å². The summed E-state index contributed by atoms with van der Waals surface area (Å²) in [6.07, 6.45) is 5.84. The van der Waals surface area contributed by atoms with E-state index in [0.29, 0.717) is 11.3 Å². The van der Waals surface area contributed by atoms with Crippen LogP contribution in [0.2, 0.25) is 0 Å². The molecule has 6 N–H and O–H groups in total. The van der Waals surface area contributed by atoms with Gasteiger partial charge in [0, 0.05) is 36.4 Å². The predicted octanol–water partition coefficient (Wildman–Crippen LogP) is 1.15. The quantitative estimate of drug-likeness (QED) is 0.322. The third kappa shape index (κ3) is 3.84. The molecule has 134 valence electrons. The van der Waals surface area contributed by atoms with Crippen molar-refractivity contribution in [2.24, 2.45) is 21.7 Å². The first-order valence-corrected chi connectivity index (χ1v) is 8.41. The lowest BCUT2D eigenvalue weighted by atomic mass is 10.1. The fraction of sp³-hybridized carbons (Fsp3) is 0.278. The summed E-state index contributed by atoms with van der Waals surface area (Å²) in [7, 11) is 0. The number of hydrogen-bond donors (Lipinski definition) is 3. The summed E-state index contributed by atoms with van der Waals surface area (Å²) in [5, 5.41) is 17.1. The van der Waals surface area contributed by atoms with E-state index in [1.165, 1.54) is 0 Å². The van der Waals surface area contributed by atoms with E-state index in [4.69, 9.17) is 17.2 Å². The van der Waals surface area contributed by atoms with E-state index >= 15 is 0 Å². The molecule has 1 aromatic carbocycles. The molecule has 0 radical (unpaired) electrons. The number of nitrogens with zero attached hydrogens (tertiary/aromatic N) is 5. The molecule has 1 aliphatic rings. The summed E-state index contributed by atoms with van der Waals surface area (Å²) in [6, 6.07) is 11.8. The fourth-order valence-electron chi connectivity index (χ4n) is 3.24. The molecular weight excluding hydrogens is 328 g/mol. The van der Waals surface area contributed by atoms with Crippen LogP contribution in [-0.2, 0) is 6.54 Å². The van der Waals surface area contributed by atoms with Gasteiger partial charge in [0.2, 0.25) is 5.96 Å². The van der Waals surface area contributed by atoms with E-state index in [1.54, 1.807) is 18.3 Å². The second-order valence-electron chi connectivity index (χ2n) is 6.23. The molecule has 2 heterocycles. The molecule has 1 unspecified atom stereocenters. The number of nitrogens with two attached hydrogens (primary N) is 3. The smallest absolute Gasteiger partial charge is 0.211 e. The van der Waals surface area contributed by atoms with Gasteiger partial charge in [-0.2, -0.15) is 10.4 Å². The average Bonchev–Trinajstić information content (AvgIpc) is 3.25. The molecule has 0 saturated carbocycles. The van der Waals surface area contributed by atoms with Crippen molar-refractivity contribution >= 4 is 17.9 Å². The summed E-state index contributed by atoms with van der Waals surface area (Å²) < 4.78 is 2.03. The van der Waals surface area contributed by atoms with Crippen LogP contribution in [0.5, 0.6) is 0 Å². The summed E-state index contributed by atoms with van der Waals surface area (Å²) in [5.74, 6) is -0.0490. The Labute approximate surface area is 152 Å². The van der Waals surface area contributed by atoms with Gasteiger partial charge in [-0.25, -0.2) is 0 Å². The molecular formula is C18H22N8. The normalized spacial score (nSPS) is 17.4. The van der Waals surface area contributed by atoms with Gasteiger partial charge < -0.3 is 21.8 Å². The number of likely N-dealkylation sites (tertiary alicyclic amines) is 1. The first kappa shape index (κ1) is 17.5. The molecule has 1 saturated heterocycles. The van der Waals surface area contributed by atoms with Crippen LogP contribution in [0.25, 0.3) is 5.69 Å². The maximum absolute atomic E-state index is 9.42. The molecule has 3 rings (SSSR count). The van der Waals surface area contributed by atoms with Crippen LogP contribution in [0.1, 0.15) is 24.1 Å². The van der Waals surface area contributed by atoms with E-state index in [2.05, 4.69) is 27.2 Å². The minimum Gasteiger partial charge on any atom is -0.399 e. The molecule has 2 aromatic rings. The number of rotatable bonds is 5. The lowest BCUT2D eigenvalue weighted by molar-refractivity contribution is 0.292. The van der Waals surface area contributed by atoms with E-state index in [-0.39, 0.29) is 12.0 Å². The van der Waals surface area contributed by atoms with Crippen molar-refractivity contribution in [1.82, 2.24) is 9.47 Å². The average molecular weight is 350 g/mol. The number of nitrogen functional groups attached to an aromatic ring is 1. The van der Waals surface area contributed by atoms with Crippen LogP contribution >= 0.6 is 0 Å². The zero-order chi connectivity index (χ0) is 18.5. The van der Waals surface area contributed by atoms with Crippen LogP contribution in [0, 0.1) is 11.3 Å². The number of anilines is 1. The summed E-state index contributed by atoms with van der Waals surface area (Å²) in [4.78, 5) is 2.32. The number of aromatic nitrogens is 1. The molecule has 0 spiro atoms. The fourth-order valence-corrected chi connectivity index (χ4v) is 3.24. The Hall–Kier alpha value is -3.31. The molecule has 26 heavy (non-hydrogen) atoms. The number of benzene rings is 1. The van der Waals surface area contributed by atoms with Crippen molar-refractivity contribution in [1.29, 1.82) is 5.26 Å². The highest BCUT2D eigenvalue weighted by molar-refractivity contribution is 5.76. The minimum atomic E-state index is -0.0490. The molecule has 0 bridgehead atoms. The predicted molar refractivity (Wildman–Crippen MR) is 103 cm³/mol. The third-order valence-corrected chi connectivity index (χ3v) is 4.43. The van der Waals surface area contributed by atoms with E-state index in [9.17, 15) is 5.26 Å². The van der Waals surface area contributed by atoms with Crippen molar-refractivity contribution in [2.45, 2.75) is 25.4 Å². The van der Waals surface area contributed by atoms with Crippen LogP contribution in [-0.4, -0.2) is 34.2 Å². The summed E-state index contributed by atoms with van der Waals surface area (Å²) >= 11 is 0. The van der Waals surface area contributed by atoms with Crippen LogP contribution in [0.3, 0.4) is 0 Å². The Kier molecular flexibility index (Phi) is 5.20. The van der Waals surface area contributed by atoms with E-state index in [1.807, 2.05) is 22.9 Å². The maximum Gasteiger partial charge on any atom is 0.211 e. The number of hydrogen-bond acceptors (Lipinski definition) is 5. The van der Waals surface area contributed by atoms with Gasteiger partial charge in [0.25, 0.3) is 0 Å². The van der Waals surface area contributed by atoms with Gasteiger partial charge in [0.05, 0.1) is 11.3 Å². The largest absolute Gasteiger partial charge is 0.399 e. The van der Waals surface area contributed by atoms with Crippen LogP contribution in [0.15, 0.2) is 46.7 Å². The van der Waals surface area contributed by atoms with Gasteiger partial charge in [-0.05, 0) is 49.7 Å². The molecule has 0 amide bonds. The molecule has 8 heteroatoms. The minimum absolute atomic E-state index is 0.0490. The number of guanidine groups is 1. The van der Waals surface area contributed by atoms with Gasteiger partial charge in [-0.3, -0.25) is 4.90 Å². The van der Waals surface area contributed by atoms with Crippen molar-refractivity contribution in [2.75, 3.05) is 12.3 Å². The molecule has 1 atom stereocenters. The summed E-state index contributed by atoms with van der Waals surface area (Å²) in [5.41, 5.74) is 19.5. The Bertz CT molecular complexity index is 870. The van der Waals surface area contributed by atoms with Gasteiger partial charge in [-0.1, -0.05) is 0 Å². The van der Waals surface area contributed by atoms with Crippen molar-refractivity contribution in [3.63, 3.8) is 0 Å². The van der Waals surface area contributed by atoms with Crippen LogP contribution < -0.4 is 17.2 Å². The Morgan fingerprint density at radius 3 is 2.96 bits per heavy atom. The van der Waals surface area contributed by atoms with Gasteiger partial charge in [-0.15, -0.1) is 5.10 Å². The lowest BCUT2D eigenvalue weighted by Crippen LogP contribution is -2.31. The lowest BCUT2D eigenvalue weighted by Gasteiger charge is -2.22. The van der Waals surface area contributed by atoms with Crippen molar-refractivity contribution in [3.05, 3.63) is 47.8 Å². The zero-order valence-corrected chi connectivity index (χ0v) is 14.4. The van der Waals surface area contributed by atoms with Crippen molar-refractivity contribution < 1.29 is 0 Å². The SMILES string of the molecule is N#Cc1cc(N)ccc1-n1cccc1CN1CCCC1/C=N/N=C(N)N. The molecule has 8 nitrogen and oxygen atoms in total. The molecule has 1 aromatic heterocycles. The maximum atomic E-state index is 9.42. The van der Waals surface area contributed by atoms with Gasteiger partial charge >= 0.3 is 0 Å². The monoisotopic (exact) mass is 350 g/mol. The van der Waals surface area contributed by atoms with Crippen molar-refractivity contribution in [3.8, 4) is 11.8 Å². The topological polar surface area (TPSA) is 135 Å². The summed E-state index contributed by atoms with van der Waals surface area (Å²) in [6.45, 7) is 1.71. The zero-order valence-electron chi connectivity index (χ0n) is 14.4. The second-order valence-corrected chi connectivity index (χ2v) is 6.23. The molecule has 0 aliphatic carbocycles. The van der Waals surface area contributed by atoms with E-state index in [0.717, 1.165) is 37.3 Å². The Morgan fingerprint density at radius 1 is 1.35 bits per heavy atom. The number of nitriles is 1. The molecule has 1 aliphatic heterocycles. The Balaban J connectivity index is 1.82. The van der Waals surface area contributed by atoms with E-state index < -0.39 is 0 Å². The first-order valence-electron chi connectivity index (χ1n) is 8.41. The highest BCUT2D eigenvalue weighted by Crippen LogP contribution is 2.23. The second kappa shape index (κ2) is 7.72. The highest BCUT2D eigenvalue weighted by atomic mass is 15.3. The molecule has 1 fully saturated rings. The van der Waals surface area contributed by atoms with Crippen LogP contribution in [0.4, 0.5) is 5.69 Å². The van der Waals surface area contributed by atoms with Gasteiger partial charge in [0.1, 0.15) is 6.07 Å². The third-order valence-electron chi connectivity index (χ3n) is 4.43. The Morgan fingerprint density at radius 2 is 2.19 bits per heavy atom. The highest BCUT2D eigenvalue weighted by Gasteiger charge is 2.24. The standard InChI is InChI=1S/C18H22N8/c19-10-13-9-14(20)5-6-17(13)26-8-2-4-16(26)12-25-7-1-3-15(25)11-23-24-18(21)22/h2,4-6,8-9,11,15H,1,3,7,12,20H2,(H4,21,22,24)/b23-11+. The first-order chi connectivity index (χ1) is 12.6.